The van der Waals surface area contributed by atoms with Gasteiger partial charge in [0.05, 0.1) is 6.54 Å². The minimum absolute atomic E-state index is 0.222. The van der Waals surface area contributed by atoms with E-state index >= 15 is 0 Å². The Labute approximate surface area is 87.2 Å². The predicted molar refractivity (Wildman–Crippen MR) is 59.0 cm³/mol. The predicted octanol–water partition coefficient (Wildman–Crippen LogP) is 2.37. The number of Topliss-reactive ketones (excluding diaryl/α,β-unsaturated/α-hetero) is 1. The fourth-order valence-electron chi connectivity index (χ4n) is 2.81. The Morgan fingerprint density at radius 3 is 2.29 bits per heavy atom. The first-order valence-electron chi connectivity index (χ1n) is 5.89. The maximum absolute atomic E-state index is 11.7. The minimum Gasteiger partial charge on any atom is -0.324 e. The molecule has 1 rings (SSSR count). The van der Waals surface area contributed by atoms with Crippen molar-refractivity contribution in [2.24, 2.45) is 23.5 Å². The zero-order chi connectivity index (χ0) is 10.6. The molecule has 0 aromatic carbocycles. The van der Waals surface area contributed by atoms with Crippen molar-refractivity contribution < 1.29 is 4.79 Å². The first-order valence-corrected chi connectivity index (χ1v) is 5.89. The molecule has 0 heterocycles. The van der Waals surface area contributed by atoms with Gasteiger partial charge in [0.15, 0.2) is 0 Å². The summed E-state index contributed by atoms with van der Waals surface area (Å²) in [6, 6.07) is 0. The van der Waals surface area contributed by atoms with Gasteiger partial charge in [0, 0.05) is 5.92 Å². The van der Waals surface area contributed by atoms with Crippen LogP contribution in [0.25, 0.3) is 0 Å². The maximum atomic E-state index is 11.7. The number of hydrogen-bond acceptors (Lipinski definition) is 2. The van der Waals surface area contributed by atoms with E-state index in [4.69, 9.17) is 5.73 Å². The Balaban J connectivity index is 2.60. The number of ketones is 1. The van der Waals surface area contributed by atoms with E-state index in [2.05, 4.69) is 13.8 Å². The molecule has 1 atom stereocenters. The average molecular weight is 197 g/mol. The summed E-state index contributed by atoms with van der Waals surface area (Å²) in [5.41, 5.74) is 5.47. The number of nitrogens with two attached hydrogens (primary N) is 1. The van der Waals surface area contributed by atoms with Crippen LogP contribution in [0.1, 0.15) is 46.0 Å². The molecule has 2 heteroatoms. The Kier molecular flexibility index (Phi) is 4.59. The van der Waals surface area contributed by atoms with Gasteiger partial charge in [-0.2, -0.15) is 0 Å². The lowest BCUT2D eigenvalue weighted by Gasteiger charge is -2.31. The molecule has 1 aliphatic carbocycles. The van der Waals surface area contributed by atoms with Crippen molar-refractivity contribution >= 4 is 5.78 Å². The van der Waals surface area contributed by atoms with Gasteiger partial charge >= 0.3 is 0 Å². The third-order valence-electron chi connectivity index (χ3n) is 3.45. The Morgan fingerprint density at radius 1 is 1.29 bits per heavy atom. The lowest BCUT2D eigenvalue weighted by molar-refractivity contribution is -0.125. The molecule has 1 fully saturated rings. The van der Waals surface area contributed by atoms with Crippen LogP contribution in [0.15, 0.2) is 0 Å². The lowest BCUT2D eigenvalue weighted by atomic mass is 9.73. The van der Waals surface area contributed by atoms with Crippen LogP contribution in [0.2, 0.25) is 0 Å². The van der Waals surface area contributed by atoms with Crippen molar-refractivity contribution in [2.45, 2.75) is 46.0 Å². The second-order valence-electron chi connectivity index (χ2n) is 4.84. The van der Waals surface area contributed by atoms with Crippen molar-refractivity contribution in [1.29, 1.82) is 0 Å². The van der Waals surface area contributed by atoms with Gasteiger partial charge in [-0.25, -0.2) is 0 Å². The largest absolute Gasteiger partial charge is 0.324 e. The summed E-state index contributed by atoms with van der Waals surface area (Å²) in [4.78, 5) is 11.7. The Hall–Kier alpha value is -0.370. The minimum atomic E-state index is 0.222. The molecule has 1 aliphatic rings. The van der Waals surface area contributed by atoms with Gasteiger partial charge in [-0.3, -0.25) is 4.79 Å². The number of rotatable bonds is 4. The van der Waals surface area contributed by atoms with Crippen molar-refractivity contribution in [3.63, 3.8) is 0 Å². The van der Waals surface area contributed by atoms with Crippen molar-refractivity contribution in [3.8, 4) is 0 Å². The summed E-state index contributed by atoms with van der Waals surface area (Å²) in [6.07, 6.45) is 6.40. The first-order chi connectivity index (χ1) is 6.66. The Bertz CT molecular complexity index is 183. The van der Waals surface area contributed by atoms with Crippen LogP contribution in [-0.2, 0) is 4.79 Å². The molecule has 0 unspecified atom stereocenters. The van der Waals surface area contributed by atoms with Crippen molar-refractivity contribution in [1.82, 2.24) is 0 Å². The molecule has 82 valence electrons. The molecule has 0 saturated heterocycles. The van der Waals surface area contributed by atoms with E-state index in [-0.39, 0.29) is 18.2 Å². The van der Waals surface area contributed by atoms with E-state index < -0.39 is 0 Å². The first kappa shape index (κ1) is 11.7. The van der Waals surface area contributed by atoms with Crippen LogP contribution in [-0.4, -0.2) is 12.3 Å². The molecule has 1 saturated carbocycles. The van der Waals surface area contributed by atoms with Gasteiger partial charge in [-0.1, -0.05) is 33.1 Å². The standard InChI is InChI=1S/C12H23NO/c1-9(2)12(11(14)8-13)10-6-4-3-5-7-10/h9-10,12H,3-8,13H2,1-2H3/t12-/m1/s1. The highest BCUT2D eigenvalue weighted by Gasteiger charge is 2.30. The fourth-order valence-corrected chi connectivity index (χ4v) is 2.81. The summed E-state index contributed by atoms with van der Waals surface area (Å²) < 4.78 is 0. The molecule has 0 spiro atoms. The van der Waals surface area contributed by atoms with Gasteiger partial charge < -0.3 is 5.73 Å². The quantitative estimate of drug-likeness (QED) is 0.752. The number of carbonyl (C=O) groups is 1. The second-order valence-corrected chi connectivity index (χ2v) is 4.84. The zero-order valence-electron chi connectivity index (χ0n) is 9.46. The van der Waals surface area contributed by atoms with Gasteiger partial charge in [-0.05, 0) is 24.7 Å². The highest BCUT2D eigenvalue weighted by atomic mass is 16.1. The smallest absolute Gasteiger partial charge is 0.149 e. The van der Waals surface area contributed by atoms with Gasteiger partial charge in [0.2, 0.25) is 0 Å². The zero-order valence-corrected chi connectivity index (χ0v) is 9.46. The van der Waals surface area contributed by atoms with Crippen molar-refractivity contribution in [2.75, 3.05) is 6.54 Å². The molecule has 0 bridgehead atoms. The summed E-state index contributed by atoms with van der Waals surface area (Å²) in [6.45, 7) is 4.51. The van der Waals surface area contributed by atoms with Crippen LogP contribution < -0.4 is 5.73 Å². The highest BCUT2D eigenvalue weighted by Crippen LogP contribution is 2.34. The topological polar surface area (TPSA) is 43.1 Å². The third-order valence-corrected chi connectivity index (χ3v) is 3.45. The summed E-state index contributed by atoms with van der Waals surface area (Å²) in [7, 11) is 0. The van der Waals surface area contributed by atoms with Crippen LogP contribution >= 0.6 is 0 Å². The molecule has 2 nitrogen and oxygen atoms in total. The van der Waals surface area contributed by atoms with Crippen LogP contribution in [0.5, 0.6) is 0 Å². The van der Waals surface area contributed by atoms with Crippen LogP contribution in [0.3, 0.4) is 0 Å². The maximum Gasteiger partial charge on any atom is 0.149 e. The molecule has 14 heavy (non-hydrogen) atoms. The molecule has 0 aromatic heterocycles. The summed E-state index contributed by atoms with van der Waals surface area (Å²) in [5.74, 6) is 1.56. The van der Waals surface area contributed by atoms with Crippen LogP contribution in [0.4, 0.5) is 0 Å². The summed E-state index contributed by atoms with van der Waals surface area (Å²) in [5, 5.41) is 0. The molecular weight excluding hydrogens is 174 g/mol. The van der Waals surface area contributed by atoms with Crippen LogP contribution in [0, 0.1) is 17.8 Å². The normalized spacial score (nSPS) is 21.1. The molecule has 0 aromatic rings. The number of carbonyl (C=O) groups excluding carboxylic acids is 1. The Morgan fingerprint density at radius 2 is 1.86 bits per heavy atom. The molecule has 0 aliphatic heterocycles. The van der Waals surface area contributed by atoms with Gasteiger partial charge in [0.1, 0.15) is 5.78 Å². The number of hydrogen-bond donors (Lipinski definition) is 1. The third kappa shape index (κ3) is 2.81. The molecule has 2 N–H and O–H groups in total. The fraction of sp³-hybridized carbons (Fsp3) is 0.917. The van der Waals surface area contributed by atoms with E-state index in [1.165, 1.54) is 32.1 Å². The average Bonchev–Trinajstić information content (AvgIpc) is 2.19. The molecule has 0 radical (unpaired) electrons. The van der Waals surface area contributed by atoms with E-state index in [1.54, 1.807) is 0 Å². The summed E-state index contributed by atoms with van der Waals surface area (Å²) >= 11 is 0. The monoisotopic (exact) mass is 197 g/mol. The van der Waals surface area contributed by atoms with Crippen molar-refractivity contribution in [3.05, 3.63) is 0 Å². The SMILES string of the molecule is CC(C)[C@@H](C(=O)CN)C1CCCCC1. The van der Waals surface area contributed by atoms with E-state index in [9.17, 15) is 4.79 Å². The van der Waals surface area contributed by atoms with E-state index in [0.29, 0.717) is 11.8 Å². The van der Waals surface area contributed by atoms with E-state index in [0.717, 1.165) is 0 Å². The van der Waals surface area contributed by atoms with E-state index in [1.807, 2.05) is 0 Å². The lowest BCUT2D eigenvalue weighted by Crippen LogP contribution is -2.34. The van der Waals surface area contributed by atoms with Gasteiger partial charge in [0.25, 0.3) is 0 Å². The molecular formula is C12H23NO. The molecule has 0 amide bonds. The highest BCUT2D eigenvalue weighted by molar-refractivity contribution is 5.83. The second kappa shape index (κ2) is 5.50. The van der Waals surface area contributed by atoms with Gasteiger partial charge in [-0.15, -0.1) is 0 Å².